The average molecular weight is 530 g/mol. The van der Waals surface area contributed by atoms with Crippen molar-refractivity contribution in [1.29, 1.82) is 0 Å². The van der Waals surface area contributed by atoms with Crippen molar-refractivity contribution >= 4 is 51.3 Å². The number of aromatic nitrogens is 4. The highest BCUT2D eigenvalue weighted by Crippen LogP contribution is 2.29. The highest BCUT2D eigenvalue weighted by molar-refractivity contribution is 6.33. The molecule has 0 saturated heterocycles. The van der Waals surface area contributed by atoms with Gasteiger partial charge in [0.2, 0.25) is 0 Å². The average Bonchev–Trinajstić information content (AvgIpc) is 3.46. The Bertz CT molecular complexity index is 1730. The van der Waals surface area contributed by atoms with E-state index >= 15 is 0 Å². The van der Waals surface area contributed by atoms with Crippen LogP contribution in [0.2, 0.25) is 5.15 Å². The second-order valence-electron chi connectivity index (χ2n) is 9.02. The van der Waals surface area contributed by atoms with Gasteiger partial charge in [-0.15, -0.1) is 0 Å². The van der Waals surface area contributed by atoms with E-state index in [1.807, 2.05) is 29.7 Å². The lowest BCUT2D eigenvalue weighted by Crippen LogP contribution is -2.26. The third kappa shape index (κ3) is 4.20. The number of halogens is 1. The van der Waals surface area contributed by atoms with Crippen LogP contribution in [0.15, 0.2) is 60.9 Å². The Morgan fingerprint density at radius 3 is 2.42 bits per heavy atom. The summed E-state index contributed by atoms with van der Waals surface area (Å²) in [5.41, 5.74) is 3.79. The second kappa shape index (κ2) is 9.75. The van der Waals surface area contributed by atoms with E-state index in [0.717, 1.165) is 16.9 Å². The van der Waals surface area contributed by atoms with E-state index in [0.29, 0.717) is 33.7 Å². The number of pyridine rings is 1. The smallest absolute Gasteiger partial charge is 0.338 e. The molecule has 0 aliphatic rings. The lowest BCUT2D eigenvalue weighted by atomic mass is 9.98. The van der Waals surface area contributed by atoms with Crippen LogP contribution < -0.4 is 0 Å². The molecule has 0 fully saturated rings. The molecule has 10 heteroatoms. The first-order valence-corrected chi connectivity index (χ1v) is 12.1. The second-order valence-corrected chi connectivity index (χ2v) is 9.38. The molecule has 1 amide bonds. The van der Waals surface area contributed by atoms with Crippen molar-refractivity contribution in [2.45, 2.75) is 13.5 Å². The Hall–Kier alpha value is -4.50. The third-order valence-electron chi connectivity index (χ3n) is 6.44. The molecule has 5 rings (SSSR count). The van der Waals surface area contributed by atoms with Gasteiger partial charge in [0.25, 0.3) is 0 Å². The van der Waals surface area contributed by atoms with Crippen LogP contribution in [0.3, 0.4) is 0 Å². The third-order valence-corrected chi connectivity index (χ3v) is 6.71. The summed E-state index contributed by atoms with van der Waals surface area (Å²) in [7, 11) is 4.52. The molecular formula is C28H24ClN5O4. The first-order valence-electron chi connectivity index (χ1n) is 11.8. The molecule has 0 atom stereocenters. The predicted octanol–water partition coefficient (Wildman–Crippen LogP) is 4.94. The van der Waals surface area contributed by atoms with Gasteiger partial charge in [-0.25, -0.2) is 19.6 Å². The quantitative estimate of drug-likeness (QED) is 0.181. The lowest BCUT2D eigenvalue weighted by molar-refractivity contribution is 0.0603. The number of hydrogen-bond donors (Lipinski definition) is 0. The van der Waals surface area contributed by atoms with Gasteiger partial charge < -0.3 is 14.2 Å². The summed E-state index contributed by atoms with van der Waals surface area (Å²) in [5.74, 6) is -0.109. The number of benzene rings is 2. The number of rotatable bonds is 5. The number of ketones is 1. The molecule has 0 aliphatic heterocycles. The maximum absolute atomic E-state index is 13.7. The van der Waals surface area contributed by atoms with Crippen LogP contribution in [0.4, 0.5) is 4.79 Å². The number of imidazole rings is 1. The van der Waals surface area contributed by atoms with Crippen LogP contribution in [0.25, 0.3) is 21.9 Å². The summed E-state index contributed by atoms with van der Waals surface area (Å²) in [6, 6.07) is 13.7. The number of esters is 1. The zero-order chi connectivity index (χ0) is 27.1. The summed E-state index contributed by atoms with van der Waals surface area (Å²) >= 11 is 6.20. The Morgan fingerprint density at radius 1 is 1.00 bits per heavy atom. The molecule has 3 heterocycles. The number of aryl methyl sites for hydroxylation is 1. The van der Waals surface area contributed by atoms with Crippen LogP contribution in [-0.4, -0.2) is 63.0 Å². The van der Waals surface area contributed by atoms with Gasteiger partial charge in [0, 0.05) is 49.5 Å². The first kappa shape index (κ1) is 25.2. The minimum Gasteiger partial charge on any atom is -0.465 e. The van der Waals surface area contributed by atoms with E-state index in [1.54, 1.807) is 50.6 Å². The molecule has 0 saturated carbocycles. The molecule has 0 spiro atoms. The maximum atomic E-state index is 13.7. The van der Waals surface area contributed by atoms with Crippen LogP contribution in [0.5, 0.6) is 0 Å². The van der Waals surface area contributed by atoms with E-state index < -0.39 is 5.97 Å². The van der Waals surface area contributed by atoms with E-state index in [2.05, 4.69) is 9.97 Å². The molecule has 192 valence electrons. The minimum atomic E-state index is -0.590. The highest BCUT2D eigenvalue weighted by atomic mass is 35.5. The van der Waals surface area contributed by atoms with Crippen LogP contribution in [0, 0.1) is 6.92 Å². The van der Waals surface area contributed by atoms with Gasteiger partial charge in [0.1, 0.15) is 11.3 Å². The lowest BCUT2D eigenvalue weighted by Gasteiger charge is -2.11. The summed E-state index contributed by atoms with van der Waals surface area (Å²) < 4.78 is 8.34. The molecule has 0 bridgehead atoms. The van der Waals surface area contributed by atoms with Crippen molar-refractivity contribution in [2.24, 2.45) is 0 Å². The number of amides is 1. The Balaban J connectivity index is 1.54. The fraction of sp³-hybridized carbons (Fsp3) is 0.179. The normalized spacial score (nSPS) is 11.2. The molecule has 38 heavy (non-hydrogen) atoms. The molecule has 3 aromatic heterocycles. The van der Waals surface area contributed by atoms with Gasteiger partial charge in [-0.05, 0) is 30.7 Å². The van der Waals surface area contributed by atoms with Gasteiger partial charge in [0.05, 0.1) is 23.7 Å². The fourth-order valence-electron chi connectivity index (χ4n) is 4.55. The number of ether oxygens (including phenoxy) is 1. The summed E-state index contributed by atoms with van der Waals surface area (Å²) in [5, 5.41) is 0.721. The predicted molar refractivity (Wildman–Crippen MR) is 144 cm³/mol. The molecule has 2 aromatic carbocycles. The standard InChI is InChI=1S/C28H24ClN5O4/c1-16-31-24-22(12-13-30-26(24)29)33(16)14-17-8-10-18(11-9-17)25(35)20-15-34(28(37)32(2)3)21-7-5-6-19(23(20)21)27(36)38-4/h5-13,15H,14H2,1-4H3. The Labute approximate surface area is 223 Å². The topological polar surface area (TPSA) is 99.3 Å². The van der Waals surface area contributed by atoms with E-state index in [1.165, 1.54) is 22.8 Å². The van der Waals surface area contributed by atoms with Gasteiger partial charge >= 0.3 is 12.0 Å². The van der Waals surface area contributed by atoms with Gasteiger partial charge in [-0.2, -0.15) is 0 Å². The minimum absolute atomic E-state index is 0.214. The number of methoxy groups -OCH3 is 1. The monoisotopic (exact) mass is 529 g/mol. The van der Waals surface area contributed by atoms with E-state index in [-0.39, 0.29) is 22.9 Å². The molecule has 0 N–H and O–H groups in total. The van der Waals surface area contributed by atoms with E-state index in [9.17, 15) is 14.4 Å². The largest absolute Gasteiger partial charge is 0.465 e. The zero-order valence-electron chi connectivity index (χ0n) is 21.2. The number of carbonyl (C=O) groups is 3. The van der Waals surface area contributed by atoms with Crippen molar-refractivity contribution in [2.75, 3.05) is 21.2 Å². The molecule has 0 radical (unpaired) electrons. The molecule has 0 unspecified atom stereocenters. The SMILES string of the molecule is COC(=O)c1cccc2c1c(C(=O)c1ccc(Cn3c(C)nc4c(Cl)nccc43)cc1)cn2C(=O)N(C)C. The molecule has 9 nitrogen and oxygen atoms in total. The summed E-state index contributed by atoms with van der Waals surface area (Å²) in [4.78, 5) is 49.1. The van der Waals surface area contributed by atoms with Crippen molar-refractivity contribution in [1.82, 2.24) is 24.0 Å². The molecular weight excluding hydrogens is 506 g/mol. The molecule has 5 aromatic rings. The van der Waals surface area contributed by atoms with Gasteiger partial charge in [-0.1, -0.05) is 41.9 Å². The van der Waals surface area contributed by atoms with Crippen molar-refractivity contribution in [3.8, 4) is 0 Å². The molecule has 0 aliphatic carbocycles. The zero-order valence-corrected chi connectivity index (χ0v) is 22.0. The van der Waals surface area contributed by atoms with Crippen molar-refractivity contribution < 1.29 is 19.1 Å². The van der Waals surface area contributed by atoms with Crippen LogP contribution in [0.1, 0.15) is 37.7 Å². The van der Waals surface area contributed by atoms with Crippen molar-refractivity contribution in [3.05, 3.63) is 94.2 Å². The summed E-state index contributed by atoms with van der Waals surface area (Å²) in [6.45, 7) is 2.43. The number of nitrogens with zero attached hydrogens (tertiary/aromatic N) is 5. The van der Waals surface area contributed by atoms with Crippen molar-refractivity contribution in [3.63, 3.8) is 0 Å². The highest BCUT2D eigenvalue weighted by Gasteiger charge is 2.25. The number of hydrogen-bond acceptors (Lipinski definition) is 6. The fourth-order valence-corrected chi connectivity index (χ4v) is 4.74. The van der Waals surface area contributed by atoms with Crippen LogP contribution in [-0.2, 0) is 11.3 Å². The van der Waals surface area contributed by atoms with E-state index in [4.69, 9.17) is 16.3 Å². The van der Waals surface area contributed by atoms with Gasteiger partial charge in [0.15, 0.2) is 10.9 Å². The Kier molecular flexibility index (Phi) is 6.46. The summed E-state index contributed by atoms with van der Waals surface area (Å²) in [6.07, 6.45) is 3.12. The van der Waals surface area contributed by atoms with Gasteiger partial charge in [-0.3, -0.25) is 9.36 Å². The number of fused-ring (bicyclic) bond motifs is 2. The van der Waals surface area contributed by atoms with Crippen LogP contribution >= 0.6 is 11.6 Å². The first-order chi connectivity index (χ1) is 18.2. The Morgan fingerprint density at radius 2 is 1.74 bits per heavy atom. The maximum Gasteiger partial charge on any atom is 0.338 e. The number of carbonyl (C=O) groups excluding carboxylic acids is 3.